The molecule has 0 saturated carbocycles. The van der Waals surface area contributed by atoms with Gasteiger partial charge >= 0.3 is 6.03 Å². The first kappa shape index (κ1) is 18.8. The van der Waals surface area contributed by atoms with Crippen LogP contribution in [0.5, 0.6) is 0 Å². The number of furan rings is 1. The van der Waals surface area contributed by atoms with E-state index in [1.54, 1.807) is 0 Å². The van der Waals surface area contributed by atoms with Crippen molar-refractivity contribution in [1.82, 2.24) is 15.5 Å². The zero-order valence-electron chi connectivity index (χ0n) is 15.1. The molecule has 1 aliphatic rings. The van der Waals surface area contributed by atoms with Crippen molar-refractivity contribution >= 4 is 6.03 Å². The maximum atomic E-state index is 12.1. The first-order chi connectivity index (χ1) is 11.4. The quantitative estimate of drug-likeness (QED) is 0.681. The average molecular weight is 337 g/mol. The van der Waals surface area contributed by atoms with E-state index >= 15 is 0 Å². The monoisotopic (exact) mass is 337 g/mol. The van der Waals surface area contributed by atoms with Crippen LogP contribution in [0.1, 0.15) is 50.7 Å². The van der Waals surface area contributed by atoms with Gasteiger partial charge in [0.2, 0.25) is 0 Å². The number of aliphatic hydroxyl groups excluding tert-OH is 1. The van der Waals surface area contributed by atoms with E-state index in [0.29, 0.717) is 19.5 Å². The maximum Gasteiger partial charge on any atom is 0.314 e. The molecular weight excluding hydrogens is 306 g/mol. The molecule has 1 fully saturated rings. The Morgan fingerprint density at radius 1 is 1.33 bits per heavy atom. The largest absolute Gasteiger partial charge is 0.465 e. The van der Waals surface area contributed by atoms with E-state index in [1.165, 1.54) is 12.8 Å². The fourth-order valence-corrected chi connectivity index (χ4v) is 3.06. The van der Waals surface area contributed by atoms with Crippen molar-refractivity contribution in [2.45, 2.75) is 46.1 Å². The molecule has 1 atom stereocenters. The highest BCUT2D eigenvalue weighted by atomic mass is 16.3. The van der Waals surface area contributed by atoms with Crippen LogP contribution >= 0.6 is 0 Å². The Balaban J connectivity index is 1.87. The van der Waals surface area contributed by atoms with E-state index in [0.717, 1.165) is 24.6 Å². The molecule has 1 unspecified atom stereocenters. The summed E-state index contributed by atoms with van der Waals surface area (Å²) in [6.07, 6.45) is 3.05. The Bertz CT molecular complexity index is 521. The molecule has 0 bridgehead atoms. The van der Waals surface area contributed by atoms with Gasteiger partial charge in [-0.1, -0.05) is 13.8 Å². The standard InChI is InChI=1S/C18H31N3O3/c1-14-6-7-16(24-14)15(21-9-4-5-10-21)12-19-17(23)20-13-18(2,3)8-11-22/h6-7,15,22H,4-5,8-13H2,1-3H3,(H2,19,20,23). The predicted octanol–water partition coefficient (Wildman–Crippen LogP) is 2.43. The molecular formula is C18H31N3O3. The Hall–Kier alpha value is -1.53. The van der Waals surface area contributed by atoms with E-state index in [2.05, 4.69) is 15.5 Å². The van der Waals surface area contributed by atoms with Crippen LogP contribution in [0.2, 0.25) is 0 Å². The Kier molecular flexibility index (Phi) is 6.69. The van der Waals surface area contributed by atoms with Gasteiger partial charge in [-0.3, -0.25) is 4.90 Å². The van der Waals surface area contributed by atoms with Crippen LogP contribution in [0.4, 0.5) is 4.79 Å². The fourth-order valence-electron chi connectivity index (χ4n) is 3.06. The number of nitrogens with one attached hydrogen (secondary N) is 2. The fraction of sp³-hybridized carbons (Fsp3) is 0.722. The van der Waals surface area contributed by atoms with Gasteiger partial charge < -0.3 is 20.2 Å². The number of likely N-dealkylation sites (tertiary alicyclic amines) is 1. The molecule has 2 amide bonds. The Morgan fingerprint density at radius 2 is 2.04 bits per heavy atom. The smallest absolute Gasteiger partial charge is 0.314 e. The van der Waals surface area contributed by atoms with Crippen LogP contribution in [0.15, 0.2) is 16.5 Å². The Labute approximate surface area is 144 Å². The van der Waals surface area contributed by atoms with Crippen LogP contribution in [-0.4, -0.2) is 48.8 Å². The summed E-state index contributed by atoms with van der Waals surface area (Å²) < 4.78 is 5.80. The van der Waals surface area contributed by atoms with Crippen molar-refractivity contribution in [3.8, 4) is 0 Å². The third-order valence-electron chi connectivity index (χ3n) is 4.64. The number of hydrogen-bond acceptors (Lipinski definition) is 4. The minimum absolute atomic E-state index is 0.0809. The molecule has 1 aliphatic heterocycles. The van der Waals surface area contributed by atoms with Crippen molar-refractivity contribution in [1.29, 1.82) is 0 Å². The van der Waals surface area contributed by atoms with Crippen molar-refractivity contribution in [2.75, 3.05) is 32.8 Å². The van der Waals surface area contributed by atoms with Gasteiger partial charge in [0.05, 0.1) is 6.04 Å². The van der Waals surface area contributed by atoms with Gasteiger partial charge in [0.15, 0.2) is 0 Å². The summed E-state index contributed by atoms with van der Waals surface area (Å²) in [6, 6.07) is 3.88. The van der Waals surface area contributed by atoms with E-state index in [-0.39, 0.29) is 24.1 Å². The van der Waals surface area contributed by atoms with Crippen LogP contribution < -0.4 is 10.6 Å². The van der Waals surface area contributed by atoms with Gasteiger partial charge in [0.25, 0.3) is 0 Å². The number of amides is 2. The number of aliphatic hydroxyl groups is 1. The second-order valence-corrected chi connectivity index (χ2v) is 7.41. The SMILES string of the molecule is Cc1ccc(C(CNC(=O)NCC(C)(C)CCO)N2CCCC2)o1. The van der Waals surface area contributed by atoms with E-state index in [4.69, 9.17) is 9.52 Å². The van der Waals surface area contributed by atoms with Crippen molar-refractivity contribution in [3.05, 3.63) is 23.7 Å². The predicted molar refractivity (Wildman–Crippen MR) is 93.9 cm³/mol. The number of rotatable bonds is 8. The van der Waals surface area contributed by atoms with Gasteiger partial charge in [-0.15, -0.1) is 0 Å². The lowest BCUT2D eigenvalue weighted by Crippen LogP contribution is -2.44. The van der Waals surface area contributed by atoms with Gasteiger partial charge in [0, 0.05) is 19.7 Å². The highest BCUT2D eigenvalue weighted by molar-refractivity contribution is 5.73. The Morgan fingerprint density at radius 3 is 2.62 bits per heavy atom. The van der Waals surface area contributed by atoms with Crippen LogP contribution in [0, 0.1) is 12.3 Å². The molecule has 0 spiro atoms. The molecule has 2 heterocycles. The second-order valence-electron chi connectivity index (χ2n) is 7.41. The summed E-state index contributed by atoms with van der Waals surface area (Å²) in [4.78, 5) is 14.5. The van der Waals surface area contributed by atoms with Gasteiger partial charge in [-0.2, -0.15) is 0 Å². The van der Waals surface area contributed by atoms with E-state index in [1.807, 2.05) is 32.9 Å². The molecule has 6 nitrogen and oxygen atoms in total. The summed E-state index contributed by atoms with van der Waals surface area (Å²) in [7, 11) is 0. The molecule has 0 aromatic carbocycles. The number of nitrogens with zero attached hydrogens (tertiary/aromatic N) is 1. The summed E-state index contributed by atoms with van der Waals surface area (Å²) in [5.41, 5.74) is -0.113. The molecule has 24 heavy (non-hydrogen) atoms. The van der Waals surface area contributed by atoms with Gasteiger partial charge in [-0.25, -0.2) is 4.79 Å². The summed E-state index contributed by atoms with van der Waals surface area (Å²) in [5, 5.41) is 14.9. The minimum atomic E-state index is -0.173. The number of urea groups is 1. The van der Waals surface area contributed by atoms with Gasteiger partial charge in [0.1, 0.15) is 11.5 Å². The number of aryl methyl sites for hydroxylation is 1. The molecule has 3 N–H and O–H groups in total. The lowest BCUT2D eigenvalue weighted by molar-refractivity contribution is 0.192. The van der Waals surface area contributed by atoms with E-state index < -0.39 is 0 Å². The van der Waals surface area contributed by atoms with Gasteiger partial charge in [-0.05, 0) is 56.8 Å². The highest BCUT2D eigenvalue weighted by Crippen LogP contribution is 2.26. The molecule has 1 aromatic heterocycles. The maximum absolute atomic E-state index is 12.1. The van der Waals surface area contributed by atoms with Crippen molar-refractivity contribution in [2.24, 2.45) is 5.41 Å². The first-order valence-corrected chi connectivity index (χ1v) is 8.84. The summed E-state index contributed by atoms with van der Waals surface area (Å²) in [6.45, 7) is 9.27. The third-order valence-corrected chi connectivity index (χ3v) is 4.64. The number of hydrogen-bond donors (Lipinski definition) is 3. The van der Waals surface area contributed by atoms with Crippen molar-refractivity contribution in [3.63, 3.8) is 0 Å². The zero-order valence-corrected chi connectivity index (χ0v) is 15.1. The average Bonchev–Trinajstić information content (AvgIpc) is 3.18. The number of carbonyl (C=O) groups excluding carboxylic acids is 1. The van der Waals surface area contributed by atoms with Crippen LogP contribution in [-0.2, 0) is 0 Å². The molecule has 136 valence electrons. The lowest BCUT2D eigenvalue weighted by atomic mass is 9.90. The lowest BCUT2D eigenvalue weighted by Gasteiger charge is -2.27. The van der Waals surface area contributed by atoms with E-state index in [9.17, 15) is 4.79 Å². The topological polar surface area (TPSA) is 77.7 Å². The molecule has 1 aromatic rings. The third kappa shape index (κ3) is 5.53. The highest BCUT2D eigenvalue weighted by Gasteiger charge is 2.26. The summed E-state index contributed by atoms with van der Waals surface area (Å²) >= 11 is 0. The normalized spacial score (nSPS) is 17.0. The molecule has 1 saturated heterocycles. The first-order valence-electron chi connectivity index (χ1n) is 8.84. The molecule has 6 heteroatoms. The minimum Gasteiger partial charge on any atom is -0.465 e. The molecule has 2 rings (SSSR count). The zero-order chi connectivity index (χ0) is 17.6. The summed E-state index contributed by atoms with van der Waals surface area (Å²) in [5.74, 6) is 1.81. The molecule has 0 aliphatic carbocycles. The van der Waals surface area contributed by atoms with Crippen LogP contribution in [0.3, 0.4) is 0 Å². The van der Waals surface area contributed by atoms with Crippen molar-refractivity contribution < 1.29 is 14.3 Å². The second kappa shape index (κ2) is 8.53. The molecule has 0 radical (unpaired) electrons. The van der Waals surface area contributed by atoms with Crippen LogP contribution in [0.25, 0.3) is 0 Å². The number of carbonyl (C=O) groups is 1.